The van der Waals surface area contributed by atoms with Crippen LogP contribution in [0.4, 0.5) is 4.39 Å². The van der Waals surface area contributed by atoms with E-state index in [9.17, 15) is 19.1 Å². The molecule has 1 fully saturated rings. The number of amides is 1. The zero-order valence-corrected chi connectivity index (χ0v) is 16.9. The van der Waals surface area contributed by atoms with Crippen LogP contribution >= 0.6 is 0 Å². The Hall–Kier alpha value is -2.99. The number of likely N-dealkylation sites (tertiary alicyclic amines) is 1. The van der Waals surface area contributed by atoms with Gasteiger partial charge in [0.15, 0.2) is 0 Å². The fourth-order valence-corrected chi connectivity index (χ4v) is 4.36. The SMILES string of the molecule is COCCN1C(=O)C(=O)/C(=C(/O)c2ccc3c(c2)CCCC3)C1c1ccccc1F. The molecule has 5 nitrogen and oxygen atoms in total. The van der Waals surface area contributed by atoms with Crippen molar-refractivity contribution in [3.63, 3.8) is 0 Å². The number of ether oxygens (including phenoxy) is 1. The quantitative estimate of drug-likeness (QED) is 0.464. The molecule has 1 saturated heterocycles. The van der Waals surface area contributed by atoms with Gasteiger partial charge in [-0.2, -0.15) is 0 Å². The number of hydrogen-bond acceptors (Lipinski definition) is 4. The molecule has 156 valence electrons. The maximum atomic E-state index is 14.7. The predicted octanol–water partition coefficient (Wildman–Crippen LogP) is 3.77. The number of nitrogens with zero attached hydrogens (tertiary/aromatic N) is 1. The van der Waals surface area contributed by atoms with Crippen LogP contribution in [0.3, 0.4) is 0 Å². The summed E-state index contributed by atoms with van der Waals surface area (Å²) in [6.45, 7) is 0.303. The van der Waals surface area contributed by atoms with Gasteiger partial charge in [0, 0.05) is 24.8 Å². The van der Waals surface area contributed by atoms with Gasteiger partial charge in [0.2, 0.25) is 0 Å². The van der Waals surface area contributed by atoms with Crippen LogP contribution in [0.5, 0.6) is 0 Å². The van der Waals surface area contributed by atoms with Crippen LogP contribution in [0, 0.1) is 5.82 Å². The first-order valence-corrected chi connectivity index (χ1v) is 10.2. The van der Waals surface area contributed by atoms with Crippen LogP contribution < -0.4 is 0 Å². The van der Waals surface area contributed by atoms with E-state index in [-0.39, 0.29) is 30.0 Å². The Bertz CT molecular complexity index is 1030. The normalized spacial score (nSPS) is 20.5. The lowest BCUT2D eigenvalue weighted by molar-refractivity contribution is -0.140. The van der Waals surface area contributed by atoms with Gasteiger partial charge in [-0.05, 0) is 48.9 Å². The number of carbonyl (C=O) groups is 2. The van der Waals surface area contributed by atoms with Gasteiger partial charge in [-0.25, -0.2) is 4.39 Å². The van der Waals surface area contributed by atoms with E-state index in [4.69, 9.17) is 4.74 Å². The average Bonchev–Trinajstić information content (AvgIpc) is 3.01. The monoisotopic (exact) mass is 409 g/mol. The molecule has 2 aliphatic rings. The lowest BCUT2D eigenvalue weighted by Gasteiger charge is -2.25. The van der Waals surface area contributed by atoms with Crippen molar-refractivity contribution in [3.05, 3.63) is 76.1 Å². The first-order chi connectivity index (χ1) is 14.5. The minimum atomic E-state index is -1.00. The molecular weight excluding hydrogens is 385 g/mol. The fourth-order valence-electron chi connectivity index (χ4n) is 4.36. The molecular formula is C24H24FNO4. The highest BCUT2D eigenvalue weighted by Crippen LogP contribution is 2.40. The van der Waals surface area contributed by atoms with Crippen LogP contribution in [0.2, 0.25) is 0 Å². The molecule has 1 amide bonds. The van der Waals surface area contributed by atoms with E-state index in [1.54, 1.807) is 18.2 Å². The van der Waals surface area contributed by atoms with Crippen LogP contribution in [0.25, 0.3) is 5.76 Å². The Morgan fingerprint density at radius 3 is 2.60 bits per heavy atom. The molecule has 1 aliphatic carbocycles. The van der Waals surface area contributed by atoms with E-state index in [2.05, 4.69) is 0 Å². The molecule has 0 bridgehead atoms. The Morgan fingerprint density at radius 2 is 1.87 bits per heavy atom. The Kier molecular flexibility index (Phi) is 5.68. The van der Waals surface area contributed by atoms with Crippen molar-refractivity contribution in [3.8, 4) is 0 Å². The number of carbonyl (C=O) groups excluding carboxylic acids is 2. The Morgan fingerprint density at radius 1 is 1.13 bits per heavy atom. The summed E-state index contributed by atoms with van der Waals surface area (Å²) in [5.41, 5.74) is 2.94. The van der Waals surface area contributed by atoms with Crippen molar-refractivity contribution < 1.29 is 23.8 Å². The summed E-state index contributed by atoms with van der Waals surface area (Å²) in [7, 11) is 1.49. The smallest absolute Gasteiger partial charge is 0.295 e. The summed E-state index contributed by atoms with van der Waals surface area (Å²) >= 11 is 0. The predicted molar refractivity (Wildman–Crippen MR) is 110 cm³/mol. The van der Waals surface area contributed by atoms with Gasteiger partial charge in [0.05, 0.1) is 18.2 Å². The molecule has 0 spiro atoms. The molecule has 30 heavy (non-hydrogen) atoms. The molecule has 1 heterocycles. The minimum absolute atomic E-state index is 0.0861. The van der Waals surface area contributed by atoms with Crippen LogP contribution in [0.15, 0.2) is 48.0 Å². The summed E-state index contributed by atoms with van der Waals surface area (Å²) in [6.07, 6.45) is 4.12. The number of rotatable bonds is 5. The second-order valence-electron chi connectivity index (χ2n) is 7.70. The Labute approximate surface area is 174 Å². The molecule has 0 radical (unpaired) electrons. The summed E-state index contributed by atoms with van der Waals surface area (Å²) in [5, 5.41) is 11.1. The van der Waals surface area contributed by atoms with Crippen molar-refractivity contribution in [2.24, 2.45) is 0 Å². The number of Topliss-reactive ketones (excluding diaryl/α,β-unsaturated/α-hetero) is 1. The second-order valence-corrected chi connectivity index (χ2v) is 7.70. The zero-order chi connectivity index (χ0) is 21.3. The molecule has 4 rings (SSSR count). The van der Waals surface area contributed by atoms with Gasteiger partial charge in [-0.3, -0.25) is 9.59 Å². The fraction of sp³-hybridized carbons (Fsp3) is 0.333. The number of ketones is 1. The van der Waals surface area contributed by atoms with Gasteiger partial charge in [-0.1, -0.05) is 30.3 Å². The van der Waals surface area contributed by atoms with Crippen LogP contribution in [-0.4, -0.2) is 42.0 Å². The lowest BCUT2D eigenvalue weighted by Crippen LogP contribution is -2.33. The summed E-state index contributed by atoms with van der Waals surface area (Å²) < 4.78 is 19.7. The lowest BCUT2D eigenvalue weighted by atomic mass is 9.88. The van der Waals surface area contributed by atoms with E-state index >= 15 is 0 Å². The van der Waals surface area contributed by atoms with Gasteiger partial charge in [0.25, 0.3) is 11.7 Å². The minimum Gasteiger partial charge on any atom is -0.507 e. The van der Waals surface area contributed by atoms with E-state index in [1.165, 1.54) is 29.7 Å². The van der Waals surface area contributed by atoms with E-state index in [0.717, 1.165) is 31.2 Å². The summed E-state index contributed by atoms with van der Waals surface area (Å²) in [5.74, 6) is -2.38. The standard InChI is InChI=1S/C24H24FNO4/c1-30-13-12-26-21(18-8-4-5-9-19(18)25)20(23(28)24(26)29)22(27)17-11-10-15-6-2-3-7-16(15)14-17/h4-5,8-11,14,21,27H,2-3,6-7,12-13H2,1H3/b22-20+. The highest BCUT2D eigenvalue weighted by atomic mass is 19.1. The first-order valence-electron chi connectivity index (χ1n) is 10.2. The number of aryl methyl sites for hydroxylation is 2. The molecule has 2 aromatic rings. The third kappa shape index (κ3) is 3.52. The molecule has 1 N–H and O–H groups in total. The van der Waals surface area contributed by atoms with E-state index in [0.29, 0.717) is 5.56 Å². The number of aliphatic hydroxyl groups is 1. The molecule has 6 heteroatoms. The molecule has 1 atom stereocenters. The third-order valence-electron chi connectivity index (χ3n) is 5.90. The summed E-state index contributed by atoms with van der Waals surface area (Å²) in [4.78, 5) is 26.9. The van der Waals surface area contributed by atoms with Crippen molar-refractivity contribution in [2.45, 2.75) is 31.7 Å². The number of fused-ring (bicyclic) bond motifs is 1. The first kappa shape index (κ1) is 20.3. The van der Waals surface area contributed by atoms with Gasteiger partial charge < -0.3 is 14.7 Å². The number of benzene rings is 2. The van der Waals surface area contributed by atoms with Crippen LogP contribution in [-0.2, 0) is 27.2 Å². The van der Waals surface area contributed by atoms with Crippen molar-refractivity contribution in [1.29, 1.82) is 0 Å². The maximum absolute atomic E-state index is 14.7. The van der Waals surface area contributed by atoms with Gasteiger partial charge in [-0.15, -0.1) is 0 Å². The number of methoxy groups -OCH3 is 1. The van der Waals surface area contributed by atoms with Crippen molar-refractivity contribution >= 4 is 17.4 Å². The average molecular weight is 409 g/mol. The molecule has 0 saturated carbocycles. The molecule has 0 aromatic heterocycles. The highest BCUT2D eigenvalue weighted by Gasteiger charge is 2.46. The zero-order valence-electron chi connectivity index (χ0n) is 16.9. The topological polar surface area (TPSA) is 66.8 Å². The van der Waals surface area contributed by atoms with Crippen LogP contribution in [0.1, 0.15) is 41.1 Å². The van der Waals surface area contributed by atoms with Crippen molar-refractivity contribution in [1.82, 2.24) is 4.90 Å². The molecule has 1 unspecified atom stereocenters. The highest BCUT2D eigenvalue weighted by molar-refractivity contribution is 6.46. The van der Waals surface area contributed by atoms with E-state index in [1.807, 2.05) is 12.1 Å². The van der Waals surface area contributed by atoms with Gasteiger partial charge >= 0.3 is 0 Å². The van der Waals surface area contributed by atoms with E-state index < -0.39 is 23.5 Å². The number of halogens is 1. The second kappa shape index (κ2) is 8.40. The molecule has 1 aliphatic heterocycles. The van der Waals surface area contributed by atoms with Crippen molar-refractivity contribution in [2.75, 3.05) is 20.3 Å². The number of aliphatic hydroxyl groups excluding tert-OH is 1. The Balaban J connectivity index is 1.85. The number of hydrogen-bond donors (Lipinski definition) is 1. The largest absolute Gasteiger partial charge is 0.507 e. The van der Waals surface area contributed by atoms with Gasteiger partial charge in [0.1, 0.15) is 11.6 Å². The molecule has 2 aromatic carbocycles. The third-order valence-corrected chi connectivity index (χ3v) is 5.90. The summed E-state index contributed by atoms with van der Waals surface area (Å²) in [6, 6.07) is 10.6. The maximum Gasteiger partial charge on any atom is 0.295 e.